The largest absolute Gasteiger partial charge is 0.478 e. The van der Waals surface area contributed by atoms with E-state index in [1.54, 1.807) is 29.2 Å². The maximum Gasteiger partial charge on any atom is 0.335 e. The van der Waals surface area contributed by atoms with Crippen LogP contribution < -0.4 is 9.80 Å². The Labute approximate surface area is 202 Å². The van der Waals surface area contributed by atoms with Gasteiger partial charge in [-0.25, -0.2) is 4.79 Å². The zero-order valence-electron chi connectivity index (χ0n) is 18.7. The number of aromatic carboxylic acids is 1. The Kier molecular flexibility index (Phi) is 6.14. The number of aromatic nitrogens is 1. The Balaban J connectivity index is 1.64. The molecule has 1 fully saturated rings. The molecule has 1 aliphatic heterocycles. The summed E-state index contributed by atoms with van der Waals surface area (Å²) in [4.78, 5) is 28.5. The molecule has 2 aromatic carbocycles. The van der Waals surface area contributed by atoms with Crippen molar-refractivity contribution in [2.24, 2.45) is 0 Å². The second-order valence-corrected chi connectivity index (χ2v) is 9.62. The predicted molar refractivity (Wildman–Crippen MR) is 139 cm³/mol. The maximum absolute atomic E-state index is 13.2. The highest BCUT2D eigenvalue weighted by Gasteiger charge is 2.33. The number of carbonyl (C=O) groups excluding carboxylic acids is 1. The van der Waals surface area contributed by atoms with E-state index in [2.05, 4.69) is 0 Å². The lowest BCUT2D eigenvalue weighted by Gasteiger charge is -2.17. The van der Waals surface area contributed by atoms with Crippen molar-refractivity contribution in [3.05, 3.63) is 82.0 Å². The molecule has 1 aliphatic rings. The summed E-state index contributed by atoms with van der Waals surface area (Å²) in [5.74, 6) is -1.10. The molecule has 4 rings (SSSR count). The first-order valence-electron chi connectivity index (χ1n) is 10.3. The Morgan fingerprint density at radius 3 is 2.21 bits per heavy atom. The van der Waals surface area contributed by atoms with Crippen LogP contribution in [-0.2, 0) is 4.79 Å². The van der Waals surface area contributed by atoms with Crippen LogP contribution in [0.2, 0.25) is 0 Å². The van der Waals surface area contributed by atoms with Gasteiger partial charge in [-0.15, -0.1) is 0 Å². The Morgan fingerprint density at radius 2 is 1.64 bits per heavy atom. The standard InChI is InChI=1S/C25H23N3O3S2/c1-15-13-18(16(2)27(15)20-7-5-17(6-8-20)24(30)31)14-22-23(29)28(25(32)33-22)21-11-9-19(10-12-21)26(3)4/h5-14H,1-4H3,(H,30,31)/b22-14+. The summed E-state index contributed by atoms with van der Waals surface area (Å²) in [5.41, 5.74) is 5.75. The van der Waals surface area contributed by atoms with Gasteiger partial charge in [-0.3, -0.25) is 9.69 Å². The van der Waals surface area contributed by atoms with Gasteiger partial charge in [-0.2, -0.15) is 0 Å². The highest BCUT2D eigenvalue weighted by molar-refractivity contribution is 8.27. The second kappa shape index (κ2) is 8.88. The van der Waals surface area contributed by atoms with Gasteiger partial charge < -0.3 is 14.6 Å². The molecule has 0 unspecified atom stereocenters. The van der Waals surface area contributed by atoms with Crippen molar-refractivity contribution in [2.45, 2.75) is 13.8 Å². The molecule has 0 aliphatic carbocycles. The van der Waals surface area contributed by atoms with Crippen LogP contribution in [0.3, 0.4) is 0 Å². The lowest BCUT2D eigenvalue weighted by Crippen LogP contribution is -2.27. The number of thioether (sulfide) groups is 1. The quantitative estimate of drug-likeness (QED) is 0.399. The van der Waals surface area contributed by atoms with Crippen LogP contribution in [0.25, 0.3) is 11.8 Å². The molecular weight excluding hydrogens is 454 g/mol. The number of thiocarbonyl (C=S) groups is 1. The smallest absolute Gasteiger partial charge is 0.335 e. The van der Waals surface area contributed by atoms with Crippen molar-refractivity contribution in [3.8, 4) is 5.69 Å². The summed E-state index contributed by atoms with van der Waals surface area (Å²) in [7, 11) is 3.93. The lowest BCUT2D eigenvalue weighted by molar-refractivity contribution is -0.113. The summed E-state index contributed by atoms with van der Waals surface area (Å²) < 4.78 is 2.54. The van der Waals surface area contributed by atoms with Crippen molar-refractivity contribution in [1.29, 1.82) is 0 Å². The molecule has 0 bridgehead atoms. The molecule has 0 radical (unpaired) electrons. The number of hydrogen-bond acceptors (Lipinski definition) is 5. The van der Waals surface area contributed by atoms with E-state index in [0.717, 1.165) is 34.0 Å². The third-order valence-electron chi connectivity index (χ3n) is 5.55. The number of carbonyl (C=O) groups is 2. The number of amides is 1. The number of carboxylic acid groups (broad SMARTS) is 1. The molecule has 0 atom stereocenters. The molecular formula is C25H23N3O3S2. The van der Waals surface area contributed by atoms with Gasteiger partial charge in [0.15, 0.2) is 4.32 Å². The molecule has 8 heteroatoms. The summed E-state index contributed by atoms with van der Waals surface area (Å²) in [6, 6.07) is 16.5. The van der Waals surface area contributed by atoms with E-state index < -0.39 is 5.97 Å². The van der Waals surface area contributed by atoms with E-state index in [1.807, 2.05) is 73.8 Å². The Morgan fingerprint density at radius 1 is 1.03 bits per heavy atom. The molecule has 0 saturated carbocycles. The van der Waals surface area contributed by atoms with Gasteiger partial charge in [0.2, 0.25) is 0 Å². The van der Waals surface area contributed by atoms with Gasteiger partial charge in [0, 0.05) is 36.9 Å². The average molecular weight is 478 g/mol. The van der Waals surface area contributed by atoms with E-state index >= 15 is 0 Å². The normalized spacial score (nSPS) is 14.9. The number of carboxylic acids is 1. The third-order valence-corrected chi connectivity index (χ3v) is 6.85. The zero-order chi connectivity index (χ0) is 23.9. The van der Waals surface area contributed by atoms with Crippen molar-refractivity contribution in [1.82, 2.24) is 4.57 Å². The van der Waals surface area contributed by atoms with Gasteiger partial charge >= 0.3 is 5.97 Å². The van der Waals surface area contributed by atoms with Crippen LogP contribution in [0, 0.1) is 13.8 Å². The molecule has 0 spiro atoms. The van der Waals surface area contributed by atoms with E-state index in [4.69, 9.17) is 17.3 Å². The monoisotopic (exact) mass is 477 g/mol. The fourth-order valence-electron chi connectivity index (χ4n) is 3.82. The summed E-state index contributed by atoms with van der Waals surface area (Å²) in [6.45, 7) is 3.96. The van der Waals surface area contributed by atoms with E-state index in [9.17, 15) is 9.59 Å². The molecule has 6 nitrogen and oxygen atoms in total. The van der Waals surface area contributed by atoms with Gasteiger partial charge in [0.05, 0.1) is 16.2 Å². The van der Waals surface area contributed by atoms with E-state index in [0.29, 0.717) is 9.23 Å². The van der Waals surface area contributed by atoms with Crippen LogP contribution in [0.1, 0.15) is 27.3 Å². The SMILES string of the molecule is Cc1cc(/C=C2/SC(=S)N(c3ccc(N(C)C)cc3)C2=O)c(C)n1-c1ccc(C(=O)O)cc1. The van der Waals surface area contributed by atoms with E-state index in [1.165, 1.54) is 11.8 Å². The molecule has 1 amide bonds. The molecule has 1 N–H and O–H groups in total. The fourth-order valence-corrected chi connectivity index (χ4v) is 5.11. The van der Waals surface area contributed by atoms with Crippen molar-refractivity contribution in [2.75, 3.05) is 23.9 Å². The Bertz CT molecular complexity index is 1290. The molecule has 1 aromatic heterocycles. The first-order chi connectivity index (χ1) is 15.7. The van der Waals surface area contributed by atoms with Crippen LogP contribution in [-0.4, -0.2) is 40.0 Å². The number of aryl methyl sites for hydroxylation is 1. The van der Waals surface area contributed by atoms with Crippen LogP contribution in [0.4, 0.5) is 11.4 Å². The van der Waals surface area contributed by atoms with Crippen LogP contribution in [0.5, 0.6) is 0 Å². The van der Waals surface area contributed by atoms with Crippen LogP contribution >= 0.6 is 24.0 Å². The van der Waals surface area contributed by atoms with Crippen LogP contribution in [0.15, 0.2) is 59.5 Å². The van der Waals surface area contributed by atoms with Crippen molar-refractivity contribution in [3.63, 3.8) is 0 Å². The molecule has 2 heterocycles. The number of benzene rings is 2. The first-order valence-corrected chi connectivity index (χ1v) is 11.5. The summed E-state index contributed by atoms with van der Waals surface area (Å²) in [6.07, 6.45) is 1.87. The van der Waals surface area contributed by atoms with Gasteiger partial charge in [-0.05, 0) is 80.1 Å². The molecule has 33 heavy (non-hydrogen) atoms. The van der Waals surface area contributed by atoms with Gasteiger partial charge in [0.1, 0.15) is 0 Å². The highest BCUT2D eigenvalue weighted by Crippen LogP contribution is 2.37. The highest BCUT2D eigenvalue weighted by atomic mass is 32.2. The van der Waals surface area contributed by atoms with Crippen molar-refractivity contribution >= 4 is 57.6 Å². The third kappa shape index (κ3) is 4.31. The maximum atomic E-state index is 13.2. The minimum atomic E-state index is -0.957. The lowest BCUT2D eigenvalue weighted by atomic mass is 10.2. The van der Waals surface area contributed by atoms with Gasteiger partial charge in [-0.1, -0.05) is 24.0 Å². The number of anilines is 2. The topological polar surface area (TPSA) is 65.8 Å². The van der Waals surface area contributed by atoms with Crippen molar-refractivity contribution < 1.29 is 14.7 Å². The average Bonchev–Trinajstić information content (AvgIpc) is 3.22. The predicted octanol–water partition coefficient (Wildman–Crippen LogP) is 5.26. The van der Waals surface area contributed by atoms with Gasteiger partial charge in [0.25, 0.3) is 5.91 Å². The number of nitrogens with zero attached hydrogens (tertiary/aromatic N) is 3. The molecule has 3 aromatic rings. The Hall–Kier alpha value is -3.36. The minimum Gasteiger partial charge on any atom is -0.478 e. The number of rotatable bonds is 5. The number of hydrogen-bond donors (Lipinski definition) is 1. The summed E-state index contributed by atoms with van der Waals surface area (Å²) in [5, 5.41) is 9.14. The minimum absolute atomic E-state index is 0.141. The molecule has 168 valence electrons. The zero-order valence-corrected chi connectivity index (χ0v) is 20.3. The molecule has 1 saturated heterocycles. The fraction of sp³-hybridized carbons (Fsp3) is 0.160. The second-order valence-electron chi connectivity index (χ2n) is 7.94. The van der Waals surface area contributed by atoms with E-state index in [-0.39, 0.29) is 11.5 Å². The first kappa shape index (κ1) is 22.8. The summed E-state index contributed by atoms with van der Waals surface area (Å²) >= 11 is 6.81.